The number of fused-ring (bicyclic) bond motifs is 1. The fraction of sp³-hybridized carbons (Fsp3) is 0.167. The number of aliphatic carboxylic acids is 1. The van der Waals surface area contributed by atoms with Crippen LogP contribution in [0.1, 0.15) is 5.56 Å². The number of nitrogens with zero attached hydrogens (tertiary/aromatic N) is 1. The van der Waals surface area contributed by atoms with Crippen molar-refractivity contribution in [3.63, 3.8) is 0 Å². The van der Waals surface area contributed by atoms with E-state index < -0.39 is 18.3 Å². The Hall–Kier alpha value is -2.04. The Kier molecular flexibility index (Phi) is 2.75. The molecule has 2 aromatic rings. The highest BCUT2D eigenvalue weighted by molar-refractivity contribution is 5.79. The highest BCUT2D eigenvalue weighted by atomic mass is 19.3. The Labute approximate surface area is 95.7 Å². The van der Waals surface area contributed by atoms with Crippen molar-refractivity contribution in [3.05, 3.63) is 42.1 Å². The molecule has 0 aliphatic heterocycles. The number of halogens is 2. The van der Waals surface area contributed by atoms with Gasteiger partial charge in [0.05, 0.1) is 5.52 Å². The molecule has 17 heavy (non-hydrogen) atoms. The van der Waals surface area contributed by atoms with Gasteiger partial charge in [-0.2, -0.15) is 8.78 Å². The molecular formula is C12H9F2NO2. The van der Waals surface area contributed by atoms with Gasteiger partial charge >= 0.3 is 11.9 Å². The van der Waals surface area contributed by atoms with Crippen LogP contribution in [0.2, 0.25) is 0 Å². The predicted octanol–water partition coefficient (Wildman–Crippen LogP) is 2.50. The zero-order valence-electron chi connectivity index (χ0n) is 8.73. The van der Waals surface area contributed by atoms with Crippen molar-refractivity contribution in [1.82, 2.24) is 4.98 Å². The van der Waals surface area contributed by atoms with Crippen LogP contribution in [-0.2, 0) is 11.2 Å². The topological polar surface area (TPSA) is 50.2 Å². The van der Waals surface area contributed by atoms with Gasteiger partial charge in [0.1, 0.15) is 0 Å². The molecule has 1 heterocycles. The summed E-state index contributed by atoms with van der Waals surface area (Å²) in [5.74, 6) is -5.88. The molecule has 0 unspecified atom stereocenters. The third-order valence-corrected chi connectivity index (χ3v) is 2.39. The maximum atomic E-state index is 13.0. The second-order valence-corrected chi connectivity index (χ2v) is 3.72. The molecule has 0 radical (unpaired) electrons. The SMILES string of the molecule is O=C(O)C(F)(F)Cc1cnc2ccccc2c1. The molecule has 2 rings (SSSR count). The Morgan fingerprint density at radius 2 is 2.06 bits per heavy atom. The summed E-state index contributed by atoms with van der Waals surface area (Å²) in [6.07, 6.45) is 0.430. The van der Waals surface area contributed by atoms with Gasteiger partial charge in [-0.25, -0.2) is 4.79 Å². The molecule has 1 aromatic carbocycles. The summed E-state index contributed by atoms with van der Waals surface area (Å²) >= 11 is 0. The average molecular weight is 237 g/mol. The molecule has 0 bridgehead atoms. The smallest absolute Gasteiger partial charge is 0.374 e. The van der Waals surface area contributed by atoms with E-state index >= 15 is 0 Å². The summed E-state index contributed by atoms with van der Waals surface area (Å²) in [5.41, 5.74) is 0.894. The van der Waals surface area contributed by atoms with Crippen molar-refractivity contribution in [3.8, 4) is 0 Å². The summed E-state index contributed by atoms with van der Waals surface area (Å²) in [7, 11) is 0. The van der Waals surface area contributed by atoms with E-state index in [-0.39, 0.29) is 5.56 Å². The third kappa shape index (κ3) is 2.38. The van der Waals surface area contributed by atoms with Crippen LogP contribution in [0.25, 0.3) is 10.9 Å². The number of carboxylic acids is 1. The van der Waals surface area contributed by atoms with E-state index in [1.807, 2.05) is 0 Å². The normalized spacial score (nSPS) is 11.6. The first-order valence-electron chi connectivity index (χ1n) is 4.94. The first-order valence-corrected chi connectivity index (χ1v) is 4.94. The fourth-order valence-corrected chi connectivity index (χ4v) is 1.55. The summed E-state index contributed by atoms with van der Waals surface area (Å²) in [4.78, 5) is 14.3. The number of rotatable bonds is 3. The Morgan fingerprint density at radius 1 is 1.35 bits per heavy atom. The van der Waals surface area contributed by atoms with Crippen LogP contribution in [0.3, 0.4) is 0 Å². The Bertz CT molecular complexity index is 569. The van der Waals surface area contributed by atoms with Gasteiger partial charge in [0.25, 0.3) is 0 Å². The number of para-hydroxylation sites is 1. The van der Waals surface area contributed by atoms with Gasteiger partial charge in [0.2, 0.25) is 0 Å². The largest absolute Gasteiger partial charge is 0.477 e. The molecule has 1 N–H and O–H groups in total. The molecular weight excluding hydrogens is 228 g/mol. The van der Waals surface area contributed by atoms with Crippen molar-refractivity contribution in [2.45, 2.75) is 12.3 Å². The maximum Gasteiger partial charge on any atom is 0.374 e. The van der Waals surface area contributed by atoms with Gasteiger partial charge in [-0.05, 0) is 17.7 Å². The fourth-order valence-electron chi connectivity index (χ4n) is 1.55. The highest BCUT2D eigenvalue weighted by Gasteiger charge is 2.38. The summed E-state index contributed by atoms with van der Waals surface area (Å²) in [6.45, 7) is 0. The van der Waals surface area contributed by atoms with Gasteiger partial charge in [-0.3, -0.25) is 4.98 Å². The lowest BCUT2D eigenvalue weighted by Gasteiger charge is -2.10. The van der Waals surface area contributed by atoms with Gasteiger partial charge in [-0.15, -0.1) is 0 Å². The molecule has 5 heteroatoms. The zero-order valence-corrected chi connectivity index (χ0v) is 8.73. The summed E-state index contributed by atoms with van der Waals surface area (Å²) in [5, 5.41) is 9.06. The van der Waals surface area contributed by atoms with Crippen molar-refractivity contribution >= 4 is 16.9 Å². The van der Waals surface area contributed by atoms with Crippen LogP contribution in [0, 0.1) is 0 Å². The monoisotopic (exact) mass is 237 g/mol. The number of aromatic nitrogens is 1. The summed E-state index contributed by atoms with van der Waals surface area (Å²) in [6, 6.07) is 8.59. The molecule has 0 saturated carbocycles. The Morgan fingerprint density at radius 3 is 2.76 bits per heavy atom. The molecule has 0 fully saturated rings. The third-order valence-electron chi connectivity index (χ3n) is 2.39. The molecule has 0 saturated heterocycles. The quantitative estimate of drug-likeness (QED) is 0.892. The van der Waals surface area contributed by atoms with Crippen LogP contribution in [-0.4, -0.2) is 22.0 Å². The minimum atomic E-state index is -3.76. The van der Waals surface area contributed by atoms with E-state index in [1.54, 1.807) is 24.3 Å². The van der Waals surface area contributed by atoms with E-state index in [4.69, 9.17) is 5.11 Å². The van der Waals surface area contributed by atoms with E-state index in [0.29, 0.717) is 10.9 Å². The zero-order chi connectivity index (χ0) is 12.5. The lowest BCUT2D eigenvalue weighted by Crippen LogP contribution is -2.30. The second kappa shape index (κ2) is 4.08. The van der Waals surface area contributed by atoms with E-state index in [9.17, 15) is 13.6 Å². The summed E-state index contributed by atoms with van der Waals surface area (Å²) < 4.78 is 26.0. The van der Waals surface area contributed by atoms with E-state index in [0.717, 1.165) is 0 Å². The number of hydrogen-bond acceptors (Lipinski definition) is 2. The van der Waals surface area contributed by atoms with Crippen molar-refractivity contribution < 1.29 is 18.7 Å². The molecule has 0 aliphatic rings. The van der Waals surface area contributed by atoms with E-state index in [2.05, 4.69) is 4.98 Å². The molecule has 0 spiro atoms. The molecule has 1 aromatic heterocycles. The molecule has 0 aliphatic carbocycles. The number of alkyl halides is 2. The van der Waals surface area contributed by atoms with Gasteiger partial charge in [0, 0.05) is 18.0 Å². The first kappa shape index (κ1) is 11.4. The number of carbonyl (C=O) groups is 1. The number of hydrogen-bond donors (Lipinski definition) is 1. The van der Waals surface area contributed by atoms with Crippen LogP contribution >= 0.6 is 0 Å². The molecule has 0 amide bonds. The standard InChI is InChI=1S/C12H9F2NO2/c13-12(14,11(16)17)6-8-5-9-3-1-2-4-10(9)15-7-8/h1-5,7H,6H2,(H,16,17). The van der Waals surface area contributed by atoms with Crippen LogP contribution in [0.5, 0.6) is 0 Å². The van der Waals surface area contributed by atoms with Crippen molar-refractivity contribution in [2.24, 2.45) is 0 Å². The highest BCUT2D eigenvalue weighted by Crippen LogP contribution is 2.22. The number of pyridine rings is 1. The van der Waals surface area contributed by atoms with Crippen molar-refractivity contribution in [2.75, 3.05) is 0 Å². The number of benzene rings is 1. The molecule has 88 valence electrons. The lowest BCUT2D eigenvalue weighted by molar-refractivity contribution is -0.164. The number of carboxylic acid groups (broad SMARTS) is 1. The second-order valence-electron chi connectivity index (χ2n) is 3.72. The minimum Gasteiger partial charge on any atom is -0.477 e. The predicted molar refractivity (Wildman–Crippen MR) is 58.0 cm³/mol. The average Bonchev–Trinajstić information content (AvgIpc) is 2.28. The van der Waals surface area contributed by atoms with Gasteiger partial charge < -0.3 is 5.11 Å². The first-order chi connectivity index (χ1) is 7.99. The minimum absolute atomic E-state index is 0.205. The van der Waals surface area contributed by atoms with Crippen LogP contribution in [0.15, 0.2) is 36.5 Å². The van der Waals surface area contributed by atoms with Crippen molar-refractivity contribution in [1.29, 1.82) is 0 Å². The molecule has 0 atom stereocenters. The lowest BCUT2D eigenvalue weighted by atomic mass is 10.1. The van der Waals surface area contributed by atoms with E-state index in [1.165, 1.54) is 12.3 Å². The molecule has 3 nitrogen and oxygen atoms in total. The van der Waals surface area contributed by atoms with Gasteiger partial charge in [0.15, 0.2) is 0 Å². The van der Waals surface area contributed by atoms with Gasteiger partial charge in [-0.1, -0.05) is 18.2 Å². The maximum absolute atomic E-state index is 13.0. The van der Waals surface area contributed by atoms with Crippen LogP contribution < -0.4 is 0 Å². The van der Waals surface area contributed by atoms with Crippen LogP contribution in [0.4, 0.5) is 8.78 Å². The Balaban J connectivity index is 2.34.